The smallest absolute Gasteiger partial charge is 0.236 e. The molecule has 6 nitrogen and oxygen atoms in total. The lowest BCUT2D eigenvalue weighted by Crippen LogP contribution is -2.21. The summed E-state index contributed by atoms with van der Waals surface area (Å²) in [5, 5.41) is 8.42. The van der Waals surface area contributed by atoms with Gasteiger partial charge in [-0.2, -0.15) is 5.26 Å². The summed E-state index contributed by atoms with van der Waals surface area (Å²) in [4.78, 5) is 0. The van der Waals surface area contributed by atoms with Crippen molar-refractivity contribution in [3.8, 4) is 17.6 Å². The van der Waals surface area contributed by atoms with Gasteiger partial charge in [-0.05, 0) is 48.5 Å². The first-order chi connectivity index (χ1) is 11.5. The minimum atomic E-state index is -3.58. The molecule has 0 saturated carbocycles. The van der Waals surface area contributed by atoms with Gasteiger partial charge in [-0.3, -0.25) is 4.72 Å². The Morgan fingerprint density at radius 1 is 1.00 bits per heavy atom. The van der Waals surface area contributed by atoms with Gasteiger partial charge in [-0.25, -0.2) is 12.8 Å². The Morgan fingerprint density at radius 2 is 1.58 bits per heavy atom. The predicted octanol–water partition coefficient (Wildman–Crippen LogP) is 2.55. The number of nitriles is 1. The minimum absolute atomic E-state index is 0.0651. The average molecular weight is 350 g/mol. The van der Waals surface area contributed by atoms with Crippen LogP contribution in [0.15, 0.2) is 48.5 Å². The standard InChI is InChI=1S/C16H15FN2O4S/c17-13-1-5-15(6-2-13)23-11-12-24(20,21)19-14-3-7-16(8-4-14)22-10-9-18/h1-8,19H,10-12H2. The van der Waals surface area contributed by atoms with Gasteiger partial charge in [-0.15, -0.1) is 0 Å². The third-order valence-corrected chi connectivity index (χ3v) is 4.12. The van der Waals surface area contributed by atoms with Crippen LogP contribution in [-0.4, -0.2) is 27.4 Å². The fourth-order valence-corrected chi connectivity index (χ4v) is 2.67. The van der Waals surface area contributed by atoms with Crippen LogP contribution in [0.1, 0.15) is 0 Å². The Balaban J connectivity index is 1.84. The number of nitrogens with zero attached hydrogens (tertiary/aromatic N) is 1. The lowest BCUT2D eigenvalue weighted by Gasteiger charge is -2.10. The minimum Gasteiger partial charge on any atom is -0.492 e. The number of ether oxygens (including phenoxy) is 2. The molecule has 2 rings (SSSR count). The second-order valence-electron chi connectivity index (χ2n) is 4.69. The zero-order valence-corrected chi connectivity index (χ0v) is 13.4. The van der Waals surface area contributed by atoms with Crippen molar-refractivity contribution in [1.29, 1.82) is 5.26 Å². The Labute approximate surface area is 139 Å². The molecule has 24 heavy (non-hydrogen) atoms. The molecule has 0 fully saturated rings. The monoisotopic (exact) mass is 350 g/mol. The SMILES string of the molecule is N#CCOc1ccc(NS(=O)(=O)CCOc2ccc(F)cc2)cc1. The van der Waals surface area contributed by atoms with Gasteiger partial charge in [0.25, 0.3) is 0 Å². The molecule has 0 heterocycles. The van der Waals surface area contributed by atoms with Crippen molar-refractivity contribution in [2.75, 3.05) is 23.7 Å². The van der Waals surface area contributed by atoms with E-state index in [2.05, 4.69) is 4.72 Å². The van der Waals surface area contributed by atoms with E-state index in [4.69, 9.17) is 14.7 Å². The molecule has 0 aliphatic heterocycles. The maximum absolute atomic E-state index is 12.8. The molecule has 0 spiro atoms. The lowest BCUT2D eigenvalue weighted by atomic mass is 10.3. The molecule has 126 valence electrons. The van der Waals surface area contributed by atoms with E-state index in [1.807, 2.05) is 6.07 Å². The van der Waals surface area contributed by atoms with E-state index in [1.54, 1.807) is 12.1 Å². The van der Waals surface area contributed by atoms with E-state index in [1.165, 1.54) is 36.4 Å². The first-order valence-electron chi connectivity index (χ1n) is 6.97. The maximum atomic E-state index is 12.8. The summed E-state index contributed by atoms with van der Waals surface area (Å²) < 4.78 is 49.5. The molecular weight excluding hydrogens is 335 g/mol. The van der Waals surface area contributed by atoms with Crippen molar-refractivity contribution in [3.05, 3.63) is 54.3 Å². The van der Waals surface area contributed by atoms with Gasteiger partial charge < -0.3 is 9.47 Å². The molecule has 0 aromatic heterocycles. The van der Waals surface area contributed by atoms with Crippen LogP contribution in [0.2, 0.25) is 0 Å². The molecular formula is C16H15FN2O4S. The highest BCUT2D eigenvalue weighted by Crippen LogP contribution is 2.17. The highest BCUT2D eigenvalue weighted by atomic mass is 32.2. The molecule has 0 aliphatic rings. The summed E-state index contributed by atoms with van der Waals surface area (Å²) in [5.41, 5.74) is 0.376. The van der Waals surface area contributed by atoms with Gasteiger partial charge in [0.2, 0.25) is 10.0 Å². The fraction of sp³-hybridized carbons (Fsp3) is 0.188. The summed E-state index contributed by atoms with van der Waals surface area (Å²) in [6.07, 6.45) is 0. The van der Waals surface area contributed by atoms with Crippen molar-refractivity contribution in [2.24, 2.45) is 0 Å². The van der Waals surface area contributed by atoms with E-state index in [0.717, 1.165) is 0 Å². The third kappa shape index (κ3) is 5.78. The van der Waals surface area contributed by atoms with Crippen molar-refractivity contribution >= 4 is 15.7 Å². The van der Waals surface area contributed by atoms with E-state index in [-0.39, 0.29) is 24.8 Å². The molecule has 0 radical (unpaired) electrons. The Bertz CT molecular complexity index is 799. The summed E-state index contributed by atoms with van der Waals surface area (Å²) in [7, 11) is -3.58. The molecule has 2 aromatic rings. The number of hydrogen-bond acceptors (Lipinski definition) is 5. The summed E-state index contributed by atoms with van der Waals surface area (Å²) in [6, 6.07) is 13.3. The first kappa shape index (κ1) is 17.6. The molecule has 0 atom stereocenters. The highest BCUT2D eigenvalue weighted by molar-refractivity contribution is 7.92. The van der Waals surface area contributed by atoms with Gasteiger partial charge in [0, 0.05) is 5.69 Å². The molecule has 0 unspecified atom stereocenters. The Kier molecular flexibility index (Phi) is 5.98. The second-order valence-corrected chi connectivity index (χ2v) is 6.54. The molecule has 8 heteroatoms. The van der Waals surface area contributed by atoms with Gasteiger partial charge >= 0.3 is 0 Å². The number of rotatable bonds is 8. The van der Waals surface area contributed by atoms with Crippen molar-refractivity contribution in [2.45, 2.75) is 0 Å². The first-order valence-corrected chi connectivity index (χ1v) is 8.62. The van der Waals surface area contributed by atoms with E-state index < -0.39 is 10.0 Å². The van der Waals surface area contributed by atoms with Crippen LogP contribution in [0, 0.1) is 17.1 Å². The number of sulfonamides is 1. The van der Waals surface area contributed by atoms with E-state index in [0.29, 0.717) is 17.2 Å². The molecule has 1 N–H and O–H groups in total. The largest absolute Gasteiger partial charge is 0.492 e. The van der Waals surface area contributed by atoms with Crippen LogP contribution in [0.5, 0.6) is 11.5 Å². The quantitative estimate of drug-likeness (QED) is 0.790. The maximum Gasteiger partial charge on any atom is 0.236 e. The average Bonchev–Trinajstić information content (AvgIpc) is 2.55. The van der Waals surface area contributed by atoms with Crippen molar-refractivity contribution in [1.82, 2.24) is 0 Å². The predicted molar refractivity (Wildman–Crippen MR) is 86.9 cm³/mol. The normalized spacial score (nSPS) is 10.7. The van der Waals surface area contributed by atoms with Crippen LogP contribution in [0.25, 0.3) is 0 Å². The van der Waals surface area contributed by atoms with Gasteiger partial charge in [0.05, 0.1) is 0 Å². The van der Waals surface area contributed by atoms with E-state index >= 15 is 0 Å². The molecule has 0 aliphatic carbocycles. The second kappa shape index (κ2) is 8.17. The zero-order chi connectivity index (χ0) is 17.4. The number of hydrogen-bond donors (Lipinski definition) is 1. The topological polar surface area (TPSA) is 88.4 Å². The van der Waals surface area contributed by atoms with Crippen LogP contribution in [0.3, 0.4) is 0 Å². The highest BCUT2D eigenvalue weighted by Gasteiger charge is 2.11. The lowest BCUT2D eigenvalue weighted by molar-refractivity contribution is 0.340. The number of halogens is 1. The van der Waals surface area contributed by atoms with Crippen molar-refractivity contribution < 1.29 is 22.3 Å². The number of benzene rings is 2. The molecule has 0 saturated heterocycles. The molecule has 0 amide bonds. The molecule has 0 bridgehead atoms. The zero-order valence-electron chi connectivity index (χ0n) is 12.6. The molecule has 2 aromatic carbocycles. The summed E-state index contributed by atoms with van der Waals surface area (Å²) in [5.74, 6) is 0.223. The van der Waals surface area contributed by atoms with Crippen LogP contribution in [0.4, 0.5) is 10.1 Å². The van der Waals surface area contributed by atoms with Gasteiger partial charge in [0.15, 0.2) is 6.61 Å². The van der Waals surface area contributed by atoms with Gasteiger partial charge in [-0.1, -0.05) is 0 Å². The summed E-state index contributed by atoms with van der Waals surface area (Å²) >= 11 is 0. The fourth-order valence-electron chi connectivity index (χ4n) is 1.77. The van der Waals surface area contributed by atoms with Crippen LogP contribution in [-0.2, 0) is 10.0 Å². The van der Waals surface area contributed by atoms with Crippen molar-refractivity contribution in [3.63, 3.8) is 0 Å². The van der Waals surface area contributed by atoms with Crippen LogP contribution >= 0.6 is 0 Å². The third-order valence-electron chi connectivity index (χ3n) is 2.87. The summed E-state index contributed by atoms with van der Waals surface area (Å²) in [6.45, 7) is -0.143. The number of anilines is 1. The Morgan fingerprint density at radius 3 is 2.21 bits per heavy atom. The Hall–Kier alpha value is -2.79. The number of nitrogens with one attached hydrogen (secondary N) is 1. The van der Waals surface area contributed by atoms with Crippen LogP contribution < -0.4 is 14.2 Å². The van der Waals surface area contributed by atoms with E-state index in [9.17, 15) is 12.8 Å². The van der Waals surface area contributed by atoms with Gasteiger partial charge in [0.1, 0.15) is 35.7 Å².